The first-order valence-electron chi connectivity index (χ1n) is 4.59. The molecule has 1 aliphatic carbocycles. The van der Waals surface area contributed by atoms with E-state index >= 15 is 0 Å². The van der Waals surface area contributed by atoms with Gasteiger partial charge in [0.05, 0.1) is 5.92 Å². The van der Waals surface area contributed by atoms with Crippen LogP contribution in [0.4, 0.5) is 26.3 Å². The van der Waals surface area contributed by atoms with E-state index in [4.69, 9.17) is 0 Å². The predicted octanol–water partition coefficient (Wildman–Crippen LogP) is 4.43. The van der Waals surface area contributed by atoms with Crippen molar-refractivity contribution in [2.24, 2.45) is 11.8 Å². The summed E-state index contributed by atoms with van der Waals surface area (Å²) in [7, 11) is 0. The van der Waals surface area contributed by atoms with Crippen LogP contribution in [0.5, 0.6) is 0 Å². The average Bonchev–Trinajstić information content (AvgIpc) is 2.15. The van der Waals surface area contributed by atoms with E-state index < -0.39 is 29.9 Å². The van der Waals surface area contributed by atoms with Gasteiger partial charge in [-0.1, -0.05) is 0 Å². The largest absolute Gasteiger partial charge is 0.391 e. The third-order valence-corrected chi connectivity index (χ3v) is 2.73. The monoisotopic (exact) mass is 232 g/mol. The Balaban J connectivity index is 2.54. The Morgan fingerprint density at radius 3 is 1.67 bits per heavy atom. The van der Waals surface area contributed by atoms with Gasteiger partial charge < -0.3 is 0 Å². The molecule has 0 atom stereocenters. The number of hydrogen-bond acceptors (Lipinski definition) is 0. The lowest BCUT2D eigenvalue weighted by Crippen LogP contribution is -2.28. The summed E-state index contributed by atoms with van der Waals surface area (Å²) in [6.45, 7) is 0. The van der Waals surface area contributed by atoms with Crippen molar-refractivity contribution in [2.45, 2.75) is 31.9 Å². The van der Waals surface area contributed by atoms with Crippen molar-refractivity contribution < 1.29 is 26.3 Å². The number of rotatable bonds is 1. The van der Waals surface area contributed by atoms with Gasteiger partial charge in [0.2, 0.25) is 0 Å². The zero-order valence-corrected chi connectivity index (χ0v) is 7.75. The molecule has 0 N–H and O–H groups in total. The number of alkyl halides is 3. The molecule has 0 unspecified atom stereocenters. The maximum atomic E-state index is 12.7. The lowest BCUT2D eigenvalue weighted by Gasteiger charge is -2.28. The number of allylic oxidation sites excluding steroid dienone is 1. The standard InChI is InChI=1S/C9H10F6/c10-7(8(11)12)5-1-3-6(4-2-5)9(13,14)15/h5-6H,1-4H2. The van der Waals surface area contributed by atoms with Crippen LogP contribution in [0.15, 0.2) is 11.9 Å². The number of hydrogen-bond donors (Lipinski definition) is 0. The maximum Gasteiger partial charge on any atom is 0.391 e. The van der Waals surface area contributed by atoms with Gasteiger partial charge in [-0.05, 0) is 25.7 Å². The van der Waals surface area contributed by atoms with Gasteiger partial charge in [-0.3, -0.25) is 0 Å². The van der Waals surface area contributed by atoms with Crippen molar-refractivity contribution in [1.82, 2.24) is 0 Å². The fraction of sp³-hybridized carbons (Fsp3) is 0.778. The molecular formula is C9H10F6. The Morgan fingerprint density at radius 1 is 0.867 bits per heavy atom. The number of halogens is 6. The van der Waals surface area contributed by atoms with Crippen LogP contribution >= 0.6 is 0 Å². The molecule has 0 radical (unpaired) electrons. The zero-order valence-electron chi connectivity index (χ0n) is 7.75. The Hall–Kier alpha value is -0.680. The molecule has 1 aliphatic rings. The second-order valence-electron chi connectivity index (χ2n) is 3.70. The summed E-state index contributed by atoms with van der Waals surface area (Å²) < 4.78 is 72.9. The van der Waals surface area contributed by atoms with Crippen LogP contribution in [0.1, 0.15) is 25.7 Å². The minimum Gasteiger partial charge on any atom is -0.206 e. The first kappa shape index (κ1) is 12.4. The van der Waals surface area contributed by atoms with Crippen molar-refractivity contribution >= 4 is 0 Å². The van der Waals surface area contributed by atoms with Crippen LogP contribution in [-0.4, -0.2) is 6.18 Å². The van der Waals surface area contributed by atoms with Gasteiger partial charge in [0.1, 0.15) is 0 Å². The molecule has 15 heavy (non-hydrogen) atoms. The van der Waals surface area contributed by atoms with Gasteiger partial charge in [-0.15, -0.1) is 0 Å². The predicted molar refractivity (Wildman–Crippen MR) is 41.9 cm³/mol. The van der Waals surface area contributed by atoms with Crippen LogP contribution in [0.2, 0.25) is 0 Å². The smallest absolute Gasteiger partial charge is 0.206 e. The normalized spacial score (nSPS) is 27.6. The third-order valence-electron chi connectivity index (χ3n) is 2.73. The van der Waals surface area contributed by atoms with Crippen LogP contribution in [0.25, 0.3) is 0 Å². The molecule has 0 amide bonds. The van der Waals surface area contributed by atoms with E-state index in [-0.39, 0.29) is 25.7 Å². The molecule has 0 aromatic rings. The van der Waals surface area contributed by atoms with Gasteiger partial charge in [0, 0.05) is 5.92 Å². The molecule has 0 nitrogen and oxygen atoms in total. The van der Waals surface area contributed by atoms with Gasteiger partial charge >= 0.3 is 12.3 Å². The summed E-state index contributed by atoms with van der Waals surface area (Å²) in [5.41, 5.74) is 0. The zero-order chi connectivity index (χ0) is 11.6. The SMILES string of the molecule is FC(F)=C(F)C1CCC(C(F)(F)F)CC1. The quantitative estimate of drug-likeness (QED) is 0.586. The van der Waals surface area contributed by atoms with Gasteiger partial charge in [0.25, 0.3) is 0 Å². The second-order valence-corrected chi connectivity index (χ2v) is 3.70. The van der Waals surface area contributed by atoms with Crippen LogP contribution in [0.3, 0.4) is 0 Å². The van der Waals surface area contributed by atoms with Crippen molar-refractivity contribution in [3.63, 3.8) is 0 Å². The first-order chi connectivity index (χ1) is 6.82. The molecule has 6 heteroatoms. The molecule has 1 saturated carbocycles. The Labute approximate surface area is 83.0 Å². The highest BCUT2D eigenvalue weighted by Crippen LogP contribution is 2.42. The summed E-state index contributed by atoms with van der Waals surface area (Å²) in [4.78, 5) is 0. The van der Waals surface area contributed by atoms with Crippen molar-refractivity contribution in [1.29, 1.82) is 0 Å². The van der Waals surface area contributed by atoms with Crippen molar-refractivity contribution in [3.8, 4) is 0 Å². The highest BCUT2D eigenvalue weighted by Gasteiger charge is 2.42. The molecule has 1 rings (SSSR count). The molecule has 0 bridgehead atoms. The van der Waals surface area contributed by atoms with Crippen LogP contribution in [-0.2, 0) is 0 Å². The molecule has 88 valence electrons. The summed E-state index contributed by atoms with van der Waals surface area (Å²) in [6, 6.07) is 0. The molecule has 0 saturated heterocycles. The minimum atomic E-state index is -4.29. The first-order valence-corrected chi connectivity index (χ1v) is 4.59. The lowest BCUT2D eigenvalue weighted by molar-refractivity contribution is -0.183. The summed E-state index contributed by atoms with van der Waals surface area (Å²) >= 11 is 0. The molecule has 0 aromatic carbocycles. The van der Waals surface area contributed by atoms with E-state index in [1.54, 1.807) is 0 Å². The van der Waals surface area contributed by atoms with Crippen molar-refractivity contribution in [2.75, 3.05) is 0 Å². The minimum absolute atomic E-state index is 0.159. The van der Waals surface area contributed by atoms with E-state index in [1.165, 1.54) is 0 Å². The van der Waals surface area contributed by atoms with E-state index in [9.17, 15) is 26.3 Å². The molecule has 1 fully saturated rings. The summed E-state index contributed by atoms with van der Waals surface area (Å²) in [5, 5.41) is 0. The fourth-order valence-electron chi connectivity index (χ4n) is 1.83. The van der Waals surface area contributed by atoms with E-state index in [2.05, 4.69) is 0 Å². The maximum absolute atomic E-state index is 12.7. The van der Waals surface area contributed by atoms with Gasteiger partial charge in [0.15, 0.2) is 5.83 Å². The van der Waals surface area contributed by atoms with E-state index in [0.29, 0.717) is 0 Å². The second kappa shape index (κ2) is 4.45. The van der Waals surface area contributed by atoms with E-state index in [0.717, 1.165) is 0 Å². The van der Waals surface area contributed by atoms with Crippen LogP contribution in [0, 0.1) is 11.8 Å². The topological polar surface area (TPSA) is 0 Å². The molecule has 0 spiro atoms. The lowest BCUT2D eigenvalue weighted by atomic mass is 9.81. The summed E-state index contributed by atoms with van der Waals surface area (Å²) in [5.74, 6) is -4.05. The Morgan fingerprint density at radius 2 is 1.33 bits per heavy atom. The van der Waals surface area contributed by atoms with E-state index in [1.807, 2.05) is 0 Å². The highest BCUT2D eigenvalue weighted by molar-refractivity contribution is 4.99. The van der Waals surface area contributed by atoms with Crippen molar-refractivity contribution in [3.05, 3.63) is 11.9 Å². The fourth-order valence-corrected chi connectivity index (χ4v) is 1.83. The van der Waals surface area contributed by atoms with Gasteiger partial charge in [-0.2, -0.15) is 22.0 Å². The molecule has 0 aliphatic heterocycles. The Bertz CT molecular complexity index is 242. The third kappa shape index (κ3) is 3.14. The molecule has 0 heterocycles. The molecular weight excluding hydrogens is 222 g/mol. The average molecular weight is 232 g/mol. The summed E-state index contributed by atoms with van der Waals surface area (Å²) in [6.07, 6.45) is -7.56. The van der Waals surface area contributed by atoms with Gasteiger partial charge in [-0.25, -0.2) is 4.39 Å². The Kier molecular flexibility index (Phi) is 3.67. The molecule has 0 aromatic heterocycles. The van der Waals surface area contributed by atoms with Crippen LogP contribution < -0.4 is 0 Å². The highest BCUT2D eigenvalue weighted by atomic mass is 19.4.